The summed E-state index contributed by atoms with van der Waals surface area (Å²) in [5.41, 5.74) is 0.358. The number of hydrogen-bond acceptors (Lipinski definition) is 3. The Bertz CT molecular complexity index is 883. The van der Waals surface area contributed by atoms with E-state index in [1.165, 1.54) is 6.07 Å². The van der Waals surface area contributed by atoms with E-state index in [0.717, 1.165) is 19.3 Å². The fraction of sp³-hybridized carbons (Fsp3) is 0.368. The van der Waals surface area contributed by atoms with Crippen LogP contribution in [0.4, 0.5) is 8.78 Å². The molecule has 1 amide bonds. The lowest BCUT2D eigenvalue weighted by atomic mass is 10.0. The second-order valence-electron chi connectivity index (χ2n) is 6.66. The summed E-state index contributed by atoms with van der Waals surface area (Å²) in [6.45, 7) is 2.47. The van der Waals surface area contributed by atoms with Gasteiger partial charge in [0, 0.05) is 12.1 Å². The van der Waals surface area contributed by atoms with Gasteiger partial charge >= 0.3 is 0 Å². The minimum absolute atomic E-state index is 0.0391. The third kappa shape index (κ3) is 2.63. The lowest BCUT2D eigenvalue weighted by Gasteiger charge is -2.33. The van der Waals surface area contributed by atoms with Gasteiger partial charge in [0.15, 0.2) is 5.75 Å². The molecule has 0 aliphatic carbocycles. The van der Waals surface area contributed by atoms with E-state index < -0.39 is 17.7 Å². The molecular formula is C19H17ClF2N2O2. The molecule has 136 valence electrons. The van der Waals surface area contributed by atoms with Gasteiger partial charge in [-0.2, -0.15) is 4.39 Å². The number of pyridine rings is 1. The highest BCUT2D eigenvalue weighted by molar-refractivity contribution is 6.35. The first-order valence-corrected chi connectivity index (χ1v) is 8.95. The van der Waals surface area contributed by atoms with Gasteiger partial charge in [0.2, 0.25) is 5.95 Å². The fourth-order valence-electron chi connectivity index (χ4n) is 3.70. The van der Waals surface area contributed by atoms with Crippen molar-refractivity contribution in [2.24, 2.45) is 0 Å². The number of aromatic nitrogens is 1. The second kappa shape index (κ2) is 6.50. The zero-order chi connectivity index (χ0) is 18.4. The molecule has 1 fully saturated rings. The molecule has 0 saturated carbocycles. The van der Waals surface area contributed by atoms with E-state index in [1.807, 2.05) is 0 Å². The van der Waals surface area contributed by atoms with Gasteiger partial charge < -0.3 is 9.64 Å². The van der Waals surface area contributed by atoms with Gasteiger partial charge in [-0.3, -0.25) is 4.79 Å². The molecule has 4 rings (SSSR count). The first-order chi connectivity index (χ1) is 12.5. The highest BCUT2D eigenvalue weighted by Gasteiger charge is 2.37. The van der Waals surface area contributed by atoms with Gasteiger partial charge in [0.25, 0.3) is 5.91 Å². The predicted octanol–water partition coefficient (Wildman–Crippen LogP) is 4.38. The Morgan fingerprint density at radius 3 is 2.85 bits per heavy atom. The number of piperidine rings is 1. The molecular weight excluding hydrogens is 362 g/mol. The molecule has 0 N–H and O–H groups in total. The van der Waals surface area contributed by atoms with Crippen LogP contribution in [0.1, 0.15) is 35.2 Å². The first kappa shape index (κ1) is 17.2. The minimum atomic E-state index is -0.988. The third-order valence-corrected chi connectivity index (χ3v) is 5.38. The minimum Gasteiger partial charge on any atom is -0.489 e. The van der Waals surface area contributed by atoms with Gasteiger partial charge in [0.1, 0.15) is 23.0 Å². The molecule has 0 bridgehead atoms. The summed E-state index contributed by atoms with van der Waals surface area (Å²) in [4.78, 5) is 18.3. The van der Waals surface area contributed by atoms with E-state index in [9.17, 15) is 13.6 Å². The molecule has 1 aromatic heterocycles. The zero-order valence-electron chi connectivity index (χ0n) is 14.2. The number of hydrogen-bond donors (Lipinski definition) is 0. The molecule has 0 radical (unpaired) electrons. The smallest absolute Gasteiger partial charge is 0.262 e. The quantitative estimate of drug-likeness (QED) is 0.692. The third-order valence-electron chi connectivity index (χ3n) is 5.03. The zero-order valence-corrected chi connectivity index (χ0v) is 14.9. The molecule has 26 heavy (non-hydrogen) atoms. The maximum atomic E-state index is 14.8. The summed E-state index contributed by atoms with van der Waals surface area (Å²) < 4.78 is 34.9. The highest BCUT2D eigenvalue weighted by Crippen LogP contribution is 2.42. The second-order valence-corrected chi connectivity index (χ2v) is 7.04. The molecule has 1 aromatic carbocycles. The van der Waals surface area contributed by atoms with E-state index in [2.05, 4.69) is 4.98 Å². The average Bonchev–Trinajstić information content (AvgIpc) is 2.77. The van der Waals surface area contributed by atoms with E-state index in [0.29, 0.717) is 12.1 Å². The van der Waals surface area contributed by atoms with Crippen molar-refractivity contribution in [1.82, 2.24) is 9.88 Å². The number of ether oxygens (including phenoxy) is 1. The van der Waals surface area contributed by atoms with Gasteiger partial charge in [0.05, 0.1) is 11.7 Å². The Labute approximate surface area is 154 Å². The summed E-state index contributed by atoms with van der Waals surface area (Å²) in [5.74, 6) is -2.06. The largest absolute Gasteiger partial charge is 0.489 e. The van der Waals surface area contributed by atoms with Crippen LogP contribution in [-0.4, -0.2) is 35.0 Å². The molecule has 1 atom stereocenters. The van der Waals surface area contributed by atoms with Crippen LogP contribution in [-0.2, 0) is 0 Å². The van der Waals surface area contributed by atoms with Crippen molar-refractivity contribution in [3.63, 3.8) is 0 Å². The van der Waals surface area contributed by atoms with E-state index >= 15 is 0 Å². The Morgan fingerprint density at radius 1 is 1.27 bits per heavy atom. The number of fused-ring (bicyclic) bond motifs is 2. The van der Waals surface area contributed by atoms with Crippen molar-refractivity contribution in [2.75, 3.05) is 13.2 Å². The van der Waals surface area contributed by atoms with Crippen LogP contribution in [0.25, 0.3) is 11.3 Å². The van der Waals surface area contributed by atoms with Crippen LogP contribution in [0.3, 0.4) is 0 Å². The van der Waals surface area contributed by atoms with Gasteiger partial charge in [-0.1, -0.05) is 23.7 Å². The number of amides is 1. The van der Waals surface area contributed by atoms with Crippen LogP contribution in [0.5, 0.6) is 5.75 Å². The summed E-state index contributed by atoms with van der Waals surface area (Å²) in [6, 6.07) is 4.39. The fourth-order valence-corrected chi connectivity index (χ4v) is 3.98. The van der Waals surface area contributed by atoms with Crippen molar-refractivity contribution < 1.29 is 18.3 Å². The molecule has 4 nitrogen and oxygen atoms in total. The maximum absolute atomic E-state index is 14.8. The van der Waals surface area contributed by atoms with E-state index in [-0.39, 0.29) is 40.2 Å². The molecule has 2 aliphatic heterocycles. The molecule has 0 unspecified atom stereocenters. The summed E-state index contributed by atoms with van der Waals surface area (Å²) >= 11 is 6.42. The monoisotopic (exact) mass is 378 g/mol. The summed E-state index contributed by atoms with van der Waals surface area (Å²) in [7, 11) is 0. The molecule has 2 aromatic rings. The van der Waals surface area contributed by atoms with Crippen molar-refractivity contribution >= 4 is 17.5 Å². The van der Waals surface area contributed by atoms with Crippen LogP contribution in [0.15, 0.2) is 18.2 Å². The van der Waals surface area contributed by atoms with E-state index in [4.69, 9.17) is 16.3 Å². The Balaban J connectivity index is 1.90. The summed E-state index contributed by atoms with van der Waals surface area (Å²) in [6.07, 6.45) is 2.65. The number of carbonyl (C=O) groups is 1. The van der Waals surface area contributed by atoms with Crippen molar-refractivity contribution in [3.05, 3.63) is 46.1 Å². The lowest BCUT2D eigenvalue weighted by Crippen LogP contribution is -2.45. The number of rotatable bonds is 1. The lowest BCUT2D eigenvalue weighted by molar-refractivity contribution is 0.0574. The van der Waals surface area contributed by atoms with Crippen LogP contribution in [0.2, 0.25) is 5.02 Å². The average molecular weight is 379 g/mol. The molecule has 0 spiro atoms. The Hall–Kier alpha value is -2.21. The maximum Gasteiger partial charge on any atom is 0.262 e. The van der Waals surface area contributed by atoms with Gasteiger partial charge in [-0.05, 0) is 37.8 Å². The number of carbonyl (C=O) groups excluding carboxylic acids is 1. The number of nitrogens with zero attached hydrogens (tertiary/aromatic N) is 2. The molecule has 2 aliphatic rings. The Morgan fingerprint density at radius 2 is 2.08 bits per heavy atom. The molecule has 7 heteroatoms. The Kier molecular flexibility index (Phi) is 4.31. The van der Waals surface area contributed by atoms with Crippen LogP contribution < -0.4 is 4.74 Å². The predicted molar refractivity (Wildman–Crippen MR) is 93.5 cm³/mol. The topological polar surface area (TPSA) is 42.4 Å². The number of benzene rings is 1. The normalized spacial score (nSPS) is 19.5. The van der Waals surface area contributed by atoms with Crippen molar-refractivity contribution in [2.45, 2.75) is 32.2 Å². The standard InChI is InChI=1S/C19H17ClF2N2O2/c1-10-5-4-7-12(21)13(10)16-15(20)17-14(18(22)23-16)19(25)24-8-3-2-6-11(24)9-26-17/h4-5,7,11H,2-3,6,8-9H2,1H3/t11-/m1/s1. The van der Waals surface area contributed by atoms with Crippen molar-refractivity contribution in [1.29, 1.82) is 0 Å². The van der Waals surface area contributed by atoms with Gasteiger partial charge in [-0.25, -0.2) is 9.37 Å². The van der Waals surface area contributed by atoms with Gasteiger partial charge in [-0.15, -0.1) is 0 Å². The molecule has 1 saturated heterocycles. The van der Waals surface area contributed by atoms with Crippen LogP contribution in [0, 0.1) is 18.7 Å². The van der Waals surface area contributed by atoms with Crippen LogP contribution >= 0.6 is 11.6 Å². The summed E-state index contributed by atoms with van der Waals surface area (Å²) in [5, 5.41) is -0.0391. The highest BCUT2D eigenvalue weighted by atomic mass is 35.5. The number of aryl methyl sites for hydroxylation is 1. The SMILES string of the molecule is Cc1cccc(F)c1-c1nc(F)c2c(c1Cl)OC[C@H]1CCCCN1C2=O. The van der Waals surface area contributed by atoms with E-state index in [1.54, 1.807) is 24.0 Å². The first-order valence-electron chi connectivity index (χ1n) is 8.57. The van der Waals surface area contributed by atoms with Crippen molar-refractivity contribution in [3.8, 4) is 17.0 Å². The number of halogens is 3. The molecule has 3 heterocycles.